The minimum absolute atomic E-state index is 0.807. The molecule has 0 spiro atoms. The van der Waals surface area contributed by atoms with Gasteiger partial charge in [0.05, 0.1) is 6.61 Å². The maximum Gasteiger partial charge on any atom is 0.127 e. The molecule has 1 rings (SSSR count). The molecule has 2 heteroatoms. The largest absolute Gasteiger partial charge is 0.493 e. The first-order valence-corrected chi connectivity index (χ1v) is 6.42. The van der Waals surface area contributed by atoms with E-state index in [2.05, 4.69) is 28.9 Å². The second kappa shape index (κ2) is 7.75. The molecule has 1 aromatic carbocycles. The summed E-state index contributed by atoms with van der Waals surface area (Å²) in [6.07, 6.45) is 6.37. The van der Waals surface area contributed by atoms with Gasteiger partial charge in [-0.15, -0.1) is 0 Å². The van der Waals surface area contributed by atoms with Crippen molar-refractivity contribution in [1.82, 2.24) is 0 Å². The van der Waals surface area contributed by atoms with Crippen LogP contribution in [0.1, 0.15) is 39.0 Å². The van der Waals surface area contributed by atoms with Gasteiger partial charge in [0, 0.05) is 10.5 Å². The van der Waals surface area contributed by atoms with Crippen molar-refractivity contribution in [2.24, 2.45) is 0 Å². The highest BCUT2D eigenvalue weighted by Gasteiger charge is 1.94. The summed E-state index contributed by atoms with van der Waals surface area (Å²) >= 11 is 3.37. The van der Waals surface area contributed by atoms with Crippen molar-refractivity contribution in [2.45, 2.75) is 39.0 Å². The smallest absolute Gasteiger partial charge is 0.127 e. The van der Waals surface area contributed by atoms with Gasteiger partial charge in [0.15, 0.2) is 0 Å². The zero-order chi connectivity index (χ0) is 10.9. The molecule has 0 aromatic heterocycles. The third-order valence-electron chi connectivity index (χ3n) is 2.25. The van der Waals surface area contributed by atoms with Crippen LogP contribution in [-0.4, -0.2) is 6.61 Å². The van der Waals surface area contributed by atoms with Gasteiger partial charge in [-0.05, 0) is 24.6 Å². The molecule has 0 fully saturated rings. The van der Waals surface area contributed by atoms with Crippen LogP contribution in [0.5, 0.6) is 5.75 Å². The Morgan fingerprint density at radius 2 is 2.00 bits per heavy atom. The predicted octanol–water partition coefficient (Wildman–Crippen LogP) is 4.60. The van der Waals surface area contributed by atoms with Crippen molar-refractivity contribution >= 4 is 15.9 Å². The van der Waals surface area contributed by atoms with Gasteiger partial charge in [-0.3, -0.25) is 0 Å². The number of halogens is 1. The molecule has 0 saturated carbocycles. The molecule has 1 nitrogen and oxygen atoms in total. The summed E-state index contributed by atoms with van der Waals surface area (Å²) in [6, 6.07) is 8.87. The summed E-state index contributed by atoms with van der Waals surface area (Å²) in [5.74, 6) is 0.841. The van der Waals surface area contributed by atoms with Gasteiger partial charge >= 0.3 is 0 Å². The number of ether oxygens (including phenoxy) is 1. The van der Waals surface area contributed by atoms with Crippen LogP contribution in [0.2, 0.25) is 0 Å². The highest BCUT2D eigenvalue weighted by Crippen LogP contribution is 2.15. The fourth-order valence-corrected chi connectivity index (χ4v) is 1.62. The highest BCUT2D eigenvalue weighted by atomic mass is 79.9. The molecule has 0 amide bonds. The van der Waals surface area contributed by atoms with Gasteiger partial charge in [0.2, 0.25) is 0 Å². The molecule has 0 unspecified atom stereocenters. The van der Waals surface area contributed by atoms with Crippen LogP contribution in [0, 0.1) is 6.07 Å². The average molecular weight is 270 g/mol. The molecular weight excluding hydrogens is 252 g/mol. The quantitative estimate of drug-likeness (QED) is 0.658. The average Bonchev–Trinajstić information content (AvgIpc) is 2.26. The first kappa shape index (κ1) is 12.6. The predicted molar refractivity (Wildman–Crippen MR) is 67.2 cm³/mol. The molecule has 1 radical (unpaired) electrons. The Kier molecular flexibility index (Phi) is 6.49. The topological polar surface area (TPSA) is 9.23 Å². The molecule has 0 bridgehead atoms. The molecule has 15 heavy (non-hydrogen) atoms. The third kappa shape index (κ3) is 5.83. The van der Waals surface area contributed by atoms with E-state index in [9.17, 15) is 0 Å². The summed E-state index contributed by atoms with van der Waals surface area (Å²) in [7, 11) is 0. The minimum atomic E-state index is 0.807. The fourth-order valence-electron chi connectivity index (χ4n) is 1.37. The Labute approximate surface area is 101 Å². The van der Waals surface area contributed by atoms with Gasteiger partial charge < -0.3 is 4.74 Å². The molecular formula is C13H18BrO. The normalized spacial score (nSPS) is 10.3. The van der Waals surface area contributed by atoms with Gasteiger partial charge in [-0.2, -0.15) is 0 Å². The Bertz CT molecular complexity index is 256. The standard InChI is InChI=1S/C13H18BrO/c1-2-3-4-5-6-11-15-13-9-7-12(14)8-10-13/h7-9H,2-6,11H2,1H3. The zero-order valence-corrected chi connectivity index (χ0v) is 10.8. The Hall–Kier alpha value is -0.500. The Balaban J connectivity index is 2.07. The van der Waals surface area contributed by atoms with Gasteiger partial charge in [-0.1, -0.05) is 48.5 Å². The minimum Gasteiger partial charge on any atom is -0.493 e. The Morgan fingerprint density at radius 3 is 2.67 bits per heavy atom. The molecule has 0 saturated heterocycles. The molecule has 0 aliphatic heterocycles. The lowest BCUT2D eigenvalue weighted by atomic mass is 10.2. The lowest BCUT2D eigenvalue weighted by Crippen LogP contribution is -1.97. The van der Waals surface area contributed by atoms with Crippen LogP contribution in [0.15, 0.2) is 22.7 Å². The second-order valence-corrected chi connectivity index (χ2v) is 4.55. The van der Waals surface area contributed by atoms with Crippen LogP contribution >= 0.6 is 15.9 Å². The molecule has 0 heterocycles. The van der Waals surface area contributed by atoms with Gasteiger partial charge in [0.25, 0.3) is 0 Å². The summed E-state index contributed by atoms with van der Waals surface area (Å²) in [5.41, 5.74) is 0. The van der Waals surface area contributed by atoms with E-state index < -0.39 is 0 Å². The van der Waals surface area contributed by atoms with Crippen LogP contribution in [0.4, 0.5) is 0 Å². The van der Waals surface area contributed by atoms with E-state index >= 15 is 0 Å². The van der Waals surface area contributed by atoms with Gasteiger partial charge in [-0.25, -0.2) is 0 Å². The van der Waals surface area contributed by atoms with E-state index in [1.165, 1.54) is 25.7 Å². The molecule has 1 aromatic rings. The fraction of sp³-hybridized carbons (Fsp3) is 0.538. The van der Waals surface area contributed by atoms with Crippen LogP contribution < -0.4 is 4.74 Å². The van der Waals surface area contributed by atoms with Crippen molar-refractivity contribution in [1.29, 1.82) is 0 Å². The summed E-state index contributed by atoms with van der Waals surface area (Å²) in [5, 5.41) is 0. The molecule has 0 aliphatic rings. The van der Waals surface area contributed by atoms with E-state index in [4.69, 9.17) is 4.74 Å². The summed E-state index contributed by atoms with van der Waals surface area (Å²) in [4.78, 5) is 0. The monoisotopic (exact) mass is 269 g/mol. The number of hydrogen-bond donors (Lipinski definition) is 0. The van der Waals surface area contributed by atoms with Crippen LogP contribution in [0.3, 0.4) is 0 Å². The molecule has 0 atom stereocenters. The van der Waals surface area contributed by atoms with Crippen molar-refractivity contribution in [3.05, 3.63) is 28.7 Å². The highest BCUT2D eigenvalue weighted by molar-refractivity contribution is 9.10. The number of benzene rings is 1. The number of unbranched alkanes of at least 4 members (excludes halogenated alkanes) is 4. The first-order chi connectivity index (χ1) is 7.33. The lowest BCUT2D eigenvalue weighted by Gasteiger charge is -2.05. The maximum absolute atomic E-state index is 5.56. The van der Waals surface area contributed by atoms with Crippen LogP contribution in [0.25, 0.3) is 0 Å². The van der Waals surface area contributed by atoms with Crippen molar-refractivity contribution in [2.75, 3.05) is 6.61 Å². The second-order valence-electron chi connectivity index (χ2n) is 3.63. The van der Waals surface area contributed by atoms with E-state index in [-0.39, 0.29) is 0 Å². The SMILES string of the molecule is CCCCCCCOc1[c]cc(Br)cc1. The van der Waals surface area contributed by atoms with Crippen LogP contribution in [-0.2, 0) is 0 Å². The summed E-state index contributed by atoms with van der Waals surface area (Å²) < 4.78 is 6.60. The van der Waals surface area contributed by atoms with Crippen molar-refractivity contribution in [3.63, 3.8) is 0 Å². The zero-order valence-electron chi connectivity index (χ0n) is 9.26. The molecule has 83 valence electrons. The summed E-state index contributed by atoms with van der Waals surface area (Å²) in [6.45, 7) is 3.04. The Morgan fingerprint density at radius 1 is 1.20 bits per heavy atom. The number of hydrogen-bond acceptors (Lipinski definition) is 1. The van der Waals surface area contributed by atoms with Crippen molar-refractivity contribution < 1.29 is 4.74 Å². The van der Waals surface area contributed by atoms with E-state index in [1.54, 1.807) is 0 Å². The third-order valence-corrected chi connectivity index (χ3v) is 2.74. The van der Waals surface area contributed by atoms with E-state index in [0.717, 1.165) is 23.2 Å². The molecule has 0 N–H and O–H groups in total. The van der Waals surface area contributed by atoms with E-state index in [0.29, 0.717) is 0 Å². The lowest BCUT2D eigenvalue weighted by molar-refractivity contribution is 0.304. The van der Waals surface area contributed by atoms with Gasteiger partial charge in [0.1, 0.15) is 5.75 Å². The van der Waals surface area contributed by atoms with E-state index in [1.807, 2.05) is 18.2 Å². The van der Waals surface area contributed by atoms with Crippen molar-refractivity contribution in [3.8, 4) is 5.75 Å². The first-order valence-electron chi connectivity index (χ1n) is 5.63. The molecule has 0 aliphatic carbocycles. The number of rotatable bonds is 7. The maximum atomic E-state index is 5.56.